The number of ether oxygens (including phenoxy) is 1. The topological polar surface area (TPSA) is 50.4 Å². The van der Waals surface area contributed by atoms with Crippen molar-refractivity contribution in [2.24, 2.45) is 5.92 Å². The van der Waals surface area contributed by atoms with E-state index in [0.717, 1.165) is 29.3 Å². The number of nitrogens with one attached hydrogen (secondary N) is 2. The summed E-state index contributed by atoms with van der Waals surface area (Å²) in [6.45, 7) is 1.21. The molecule has 2 aromatic carbocycles. The van der Waals surface area contributed by atoms with E-state index in [0.29, 0.717) is 11.6 Å². The number of amides is 1. The standard InChI is InChI=1S/C20H23ClN2O2/c1-25-16-6-4-5-15(11-16)20(17-7-2-3-8-18(17)21)23-19(24)13-22-12-14-9-10-14/h2-8,11,14,20,22H,9-10,12-13H2,1H3,(H,23,24). The third kappa shape index (κ3) is 4.97. The zero-order valence-electron chi connectivity index (χ0n) is 14.3. The van der Waals surface area contributed by atoms with Crippen molar-refractivity contribution in [1.29, 1.82) is 0 Å². The molecule has 1 unspecified atom stereocenters. The number of benzene rings is 2. The van der Waals surface area contributed by atoms with Crippen LogP contribution in [0.3, 0.4) is 0 Å². The zero-order chi connectivity index (χ0) is 17.6. The highest BCUT2D eigenvalue weighted by Crippen LogP contribution is 2.30. The monoisotopic (exact) mass is 358 g/mol. The van der Waals surface area contributed by atoms with Gasteiger partial charge < -0.3 is 15.4 Å². The van der Waals surface area contributed by atoms with Crippen LogP contribution in [0.15, 0.2) is 48.5 Å². The Kier molecular flexibility index (Phi) is 5.95. The molecule has 5 heteroatoms. The van der Waals surface area contributed by atoms with Gasteiger partial charge in [-0.1, -0.05) is 41.9 Å². The molecule has 0 aromatic heterocycles. The van der Waals surface area contributed by atoms with E-state index in [-0.39, 0.29) is 11.9 Å². The second-order valence-corrected chi connectivity index (χ2v) is 6.78. The summed E-state index contributed by atoms with van der Waals surface area (Å²) in [5.41, 5.74) is 1.80. The first-order chi connectivity index (χ1) is 12.2. The summed E-state index contributed by atoms with van der Waals surface area (Å²) in [5, 5.41) is 6.94. The van der Waals surface area contributed by atoms with Crippen LogP contribution in [0.25, 0.3) is 0 Å². The third-order valence-electron chi connectivity index (χ3n) is 4.36. The first-order valence-electron chi connectivity index (χ1n) is 8.56. The number of hydrogen-bond acceptors (Lipinski definition) is 3. The molecule has 0 bridgehead atoms. The summed E-state index contributed by atoms with van der Waals surface area (Å²) in [5.74, 6) is 1.44. The lowest BCUT2D eigenvalue weighted by atomic mass is 9.98. The summed E-state index contributed by atoms with van der Waals surface area (Å²) in [6, 6.07) is 14.9. The predicted octanol–water partition coefficient (Wildman–Crippen LogP) is 3.55. The van der Waals surface area contributed by atoms with Crippen molar-refractivity contribution >= 4 is 17.5 Å². The van der Waals surface area contributed by atoms with E-state index in [4.69, 9.17) is 16.3 Å². The molecule has 0 saturated heterocycles. The van der Waals surface area contributed by atoms with Crippen LogP contribution in [0.2, 0.25) is 5.02 Å². The summed E-state index contributed by atoms with van der Waals surface area (Å²) in [4.78, 5) is 12.4. The van der Waals surface area contributed by atoms with Crippen molar-refractivity contribution in [1.82, 2.24) is 10.6 Å². The Morgan fingerprint density at radius 2 is 2.04 bits per heavy atom. The van der Waals surface area contributed by atoms with Gasteiger partial charge in [-0.25, -0.2) is 0 Å². The van der Waals surface area contributed by atoms with Crippen LogP contribution >= 0.6 is 11.6 Å². The number of rotatable bonds is 8. The molecule has 2 N–H and O–H groups in total. The molecular formula is C20H23ClN2O2. The molecule has 0 spiro atoms. The molecule has 4 nitrogen and oxygen atoms in total. The molecule has 1 aliphatic rings. The quantitative estimate of drug-likeness (QED) is 0.758. The lowest BCUT2D eigenvalue weighted by Gasteiger charge is -2.21. The van der Waals surface area contributed by atoms with Gasteiger partial charge in [0.1, 0.15) is 5.75 Å². The Hall–Kier alpha value is -2.04. The number of halogens is 1. The molecule has 25 heavy (non-hydrogen) atoms. The number of hydrogen-bond donors (Lipinski definition) is 2. The SMILES string of the molecule is COc1cccc(C(NC(=O)CNCC2CC2)c2ccccc2Cl)c1. The minimum absolute atomic E-state index is 0.0478. The smallest absolute Gasteiger partial charge is 0.234 e. The Morgan fingerprint density at radius 1 is 1.24 bits per heavy atom. The average Bonchev–Trinajstić information content (AvgIpc) is 3.45. The molecule has 1 aliphatic carbocycles. The molecule has 3 rings (SSSR count). The molecule has 0 heterocycles. The van der Waals surface area contributed by atoms with Crippen molar-refractivity contribution < 1.29 is 9.53 Å². The largest absolute Gasteiger partial charge is 0.497 e. The molecular weight excluding hydrogens is 336 g/mol. The average molecular weight is 359 g/mol. The molecule has 1 atom stereocenters. The first kappa shape index (κ1) is 17.8. The van der Waals surface area contributed by atoms with Crippen LogP contribution in [-0.2, 0) is 4.79 Å². The van der Waals surface area contributed by atoms with Crippen molar-refractivity contribution in [2.75, 3.05) is 20.2 Å². The van der Waals surface area contributed by atoms with Gasteiger partial charge in [0.05, 0.1) is 19.7 Å². The van der Waals surface area contributed by atoms with Crippen LogP contribution < -0.4 is 15.4 Å². The Morgan fingerprint density at radius 3 is 2.76 bits per heavy atom. The minimum atomic E-state index is -0.320. The van der Waals surface area contributed by atoms with Crippen molar-refractivity contribution in [2.45, 2.75) is 18.9 Å². The highest BCUT2D eigenvalue weighted by molar-refractivity contribution is 6.31. The third-order valence-corrected chi connectivity index (χ3v) is 4.71. The molecule has 0 aliphatic heterocycles. The second kappa shape index (κ2) is 8.37. The maximum absolute atomic E-state index is 12.4. The summed E-state index contributed by atoms with van der Waals surface area (Å²) in [6.07, 6.45) is 2.53. The fraction of sp³-hybridized carbons (Fsp3) is 0.350. The first-order valence-corrected chi connectivity index (χ1v) is 8.93. The van der Waals surface area contributed by atoms with Gasteiger partial charge in [-0.05, 0) is 54.6 Å². The van der Waals surface area contributed by atoms with E-state index in [2.05, 4.69) is 10.6 Å². The normalized spacial score (nSPS) is 14.8. The van der Waals surface area contributed by atoms with Crippen LogP contribution in [0, 0.1) is 5.92 Å². The van der Waals surface area contributed by atoms with Gasteiger partial charge in [0.25, 0.3) is 0 Å². The summed E-state index contributed by atoms with van der Waals surface area (Å²) in [7, 11) is 1.63. The lowest BCUT2D eigenvalue weighted by Crippen LogP contribution is -2.37. The van der Waals surface area contributed by atoms with Gasteiger partial charge in [-0.2, -0.15) is 0 Å². The lowest BCUT2D eigenvalue weighted by molar-refractivity contribution is -0.120. The fourth-order valence-corrected chi connectivity index (χ4v) is 3.04. The second-order valence-electron chi connectivity index (χ2n) is 6.37. The highest BCUT2D eigenvalue weighted by atomic mass is 35.5. The molecule has 132 valence electrons. The maximum Gasteiger partial charge on any atom is 0.234 e. The van der Waals surface area contributed by atoms with E-state index in [1.54, 1.807) is 7.11 Å². The van der Waals surface area contributed by atoms with Gasteiger partial charge >= 0.3 is 0 Å². The Labute approximate surface area is 153 Å². The van der Waals surface area contributed by atoms with Crippen molar-refractivity contribution in [3.05, 3.63) is 64.7 Å². The van der Waals surface area contributed by atoms with E-state index >= 15 is 0 Å². The number of carbonyl (C=O) groups is 1. The van der Waals surface area contributed by atoms with Gasteiger partial charge in [0.15, 0.2) is 0 Å². The van der Waals surface area contributed by atoms with E-state index in [9.17, 15) is 4.79 Å². The van der Waals surface area contributed by atoms with Gasteiger partial charge in [0.2, 0.25) is 5.91 Å². The van der Waals surface area contributed by atoms with Crippen LogP contribution in [0.5, 0.6) is 5.75 Å². The van der Waals surface area contributed by atoms with Crippen LogP contribution in [-0.4, -0.2) is 26.1 Å². The molecule has 2 aromatic rings. The van der Waals surface area contributed by atoms with Crippen molar-refractivity contribution in [3.8, 4) is 5.75 Å². The number of carbonyl (C=O) groups excluding carboxylic acids is 1. The summed E-state index contributed by atoms with van der Waals surface area (Å²) >= 11 is 6.38. The molecule has 1 amide bonds. The summed E-state index contributed by atoms with van der Waals surface area (Å²) < 4.78 is 5.32. The molecule has 0 radical (unpaired) electrons. The molecule has 1 saturated carbocycles. The van der Waals surface area contributed by atoms with E-state index in [1.807, 2.05) is 48.5 Å². The Balaban J connectivity index is 1.78. The van der Waals surface area contributed by atoms with Gasteiger partial charge in [-0.3, -0.25) is 4.79 Å². The highest BCUT2D eigenvalue weighted by Gasteiger charge is 2.22. The van der Waals surface area contributed by atoms with E-state index < -0.39 is 0 Å². The zero-order valence-corrected chi connectivity index (χ0v) is 15.1. The molecule has 1 fully saturated rings. The minimum Gasteiger partial charge on any atom is -0.497 e. The van der Waals surface area contributed by atoms with E-state index in [1.165, 1.54) is 12.8 Å². The van der Waals surface area contributed by atoms with Gasteiger partial charge in [0, 0.05) is 5.02 Å². The van der Waals surface area contributed by atoms with Crippen molar-refractivity contribution in [3.63, 3.8) is 0 Å². The predicted molar refractivity (Wildman–Crippen MR) is 100 cm³/mol. The van der Waals surface area contributed by atoms with Crippen LogP contribution in [0.1, 0.15) is 30.0 Å². The Bertz CT molecular complexity index is 731. The maximum atomic E-state index is 12.4. The number of methoxy groups -OCH3 is 1. The van der Waals surface area contributed by atoms with Gasteiger partial charge in [-0.15, -0.1) is 0 Å². The fourth-order valence-electron chi connectivity index (χ4n) is 2.79. The van der Waals surface area contributed by atoms with Crippen LogP contribution in [0.4, 0.5) is 0 Å².